The Morgan fingerprint density at radius 2 is 1.70 bits per heavy atom. The lowest BCUT2D eigenvalue weighted by Gasteiger charge is -2.33. The van der Waals surface area contributed by atoms with Gasteiger partial charge in [-0.05, 0) is 54.7 Å². The van der Waals surface area contributed by atoms with Crippen LogP contribution in [-0.4, -0.2) is 35.4 Å². The van der Waals surface area contributed by atoms with Crippen molar-refractivity contribution in [1.29, 1.82) is 0 Å². The molecule has 37 heavy (non-hydrogen) atoms. The molecule has 1 aliphatic carbocycles. The Morgan fingerprint density at radius 3 is 2.43 bits per heavy atom. The molecule has 1 fully saturated rings. The van der Waals surface area contributed by atoms with Gasteiger partial charge < -0.3 is 15.0 Å². The van der Waals surface area contributed by atoms with Gasteiger partial charge in [0.1, 0.15) is 11.8 Å². The average Bonchev–Trinajstić information content (AvgIpc) is 2.91. The van der Waals surface area contributed by atoms with Crippen molar-refractivity contribution in [1.82, 2.24) is 10.2 Å². The molecule has 0 saturated heterocycles. The number of halogens is 1. The molecule has 3 aromatic carbocycles. The summed E-state index contributed by atoms with van der Waals surface area (Å²) in [6.07, 6.45) is 5.77. The first kappa shape index (κ1) is 26.7. The second-order valence-electron chi connectivity index (χ2n) is 9.77. The van der Waals surface area contributed by atoms with Gasteiger partial charge in [-0.15, -0.1) is 0 Å². The number of hydrogen-bond donors (Lipinski definition) is 1. The first-order valence-electron chi connectivity index (χ1n) is 13.1. The summed E-state index contributed by atoms with van der Waals surface area (Å²) in [4.78, 5) is 29.1. The molecule has 0 bridgehead atoms. The van der Waals surface area contributed by atoms with Crippen LogP contribution in [0.2, 0.25) is 5.02 Å². The molecule has 1 saturated carbocycles. The number of amides is 2. The maximum atomic E-state index is 13.8. The van der Waals surface area contributed by atoms with E-state index in [0.717, 1.165) is 42.4 Å². The van der Waals surface area contributed by atoms with Crippen LogP contribution in [0.1, 0.15) is 48.8 Å². The molecule has 1 N–H and O–H groups in total. The Balaban J connectivity index is 1.62. The molecule has 194 valence electrons. The number of nitrogens with one attached hydrogen (secondary N) is 1. The van der Waals surface area contributed by atoms with E-state index in [0.29, 0.717) is 17.2 Å². The molecule has 4 rings (SSSR count). The summed E-state index contributed by atoms with van der Waals surface area (Å²) in [6.45, 7) is 2.02. The normalized spacial score (nSPS) is 14.5. The van der Waals surface area contributed by atoms with E-state index >= 15 is 0 Å². The van der Waals surface area contributed by atoms with Gasteiger partial charge in [-0.25, -0.2) is 0 Å². The number of carbonyl (C=O) groups excluding carboxylic acids is 2. The van der Waals surface area contributed by atoms with E-state index in [1.54, 1.807) is 11.0 Å². The highest BCUT2D eigenvalue weighted by Crippen LogP contribution is 2.22. The number of nitrogens with zero attached hydrogens (tertiary/aromatic N) is 1. The summed E-state index contributed by atoms with van der Waals surface area (Å²) in [5.74, 6) is 0.227. The molecule has 0 aliphatic heterocycles. The Morgan fingerprint density at radius 1 is 0.973 bits per heavy atom. The van der Waals surface area contributed by atoms with E-state index < -0.39 is 6.04 Å². The van der Waals surface area contributed by atoms with E-state index in [2.05, 4.69) is 5.32 Å². The number of rotatable bonds is 10. The van der Waals surface area contributed by atoms with E-state index in [4.69, 9.17) is 16.3 Å². The van der Waals surface area contributed by atoms with Crippen molar-refractivity contribution in [3.8, 4) is 5.75 Å². The van der Waals surface area contributed by atoms with E-state index in [-0.39, 0.29) is 31.0 Å². The standard InChI is InChI=1S/C31H35ClN2O3/c1-23-11-10-17-27(19-23)37-22-30(35)34(21-25-14-8-9-18-28(25)32)29(20-24-12-4-2-5-13-24)31(36)33-26-15-6-3-7-16-26/h2,4-5,8-14,17-19,26,29H,3,6-7,15-16,20-22H2,1H3,(H,33,36)/t29-/m0/s1. The van der Waals surface area contributed by atoms with Gasteiger partial charge in [-0.2, -0.15) is 0 Å². The van der Waals surface area contributed by atoms with Crippen LogP contribution in [-0.2, 0) is 22.6 Å². The molecule has 1 aliphatic rings. The van der Waals surface area contributed by atoms with Gasteiger partial charge in [-0.1, -0.05) is 91.5 Å². The number of carbonyl (C=O) groups is 2. The van der Waals surface area contributed by atoms with Crippen LogP contribution in [0.4, 0.5) is 0 Å². The van der Waals surface area contributed by atoms with Gasteiger partial charge in [0, 0.05) is 24.0 Å². The topological polar surface area (TPSA) is 58.6 Å². The van der Waals surface area contributed by atoms with Gasteiger partial charge in [-0.3, -0.25) is 9.59 Å². The van der Waals surface area contributed by atoms with Crippen LogP contribution in [0.5, 0.6) is 5.75 Å². The molecule has 3 aromatic rings. The minimum Gasteiger partial charge on any atom is -0.484 e. The molecule has 0 spiro atoms. The second-order valence-corrected chi connectivity index (χ2v) is 10.2. The quantitative estimate of drug-likeness (QED) is 0.352. The summed E-state index contributed by atoms with van der Waals surface area (Å²) < 4.78 is 5.87. The van der Waals surface area contributed by atoms with Crippen molar-refractivity contribution in [3.63, 3.8) is 0 Å². The number of aryl methyl sites for hydroxylation is 1. The summed E-state index contributed by atoms with van der Waals surface area (Å²) in [7, 11) is 0. The number of benzene rings is 3. The highest BCUT2D eigenvalue weighted by atomic mass is 35.5. The molecule has 0 radical (unpaired) electrons. The lowest BCUT2D eigenvalue weighted by atomic mass is 9.94. The fourth-order valence-corrected chi connectivity index (χ4v) is 5.04. The summed E-state index contributed by atoms with van der Waals surface area (Å²) in [5.41, 5.74) is 2.83. The van der Waals surface area contributed by atoms with Gasteiger partial charge in [0.15, 0.2) is 6.61 Å². The molecule has 0 unspecified atom stereocenters. The van der Waals surface area contributed by atoms with Crippen LogP contribution in [0.3, 0.4) is 0 Å². The van der Waals surface area contributed by atoms with Crippen molar-refractivity contribution in [2.75, 3.05) is 6.61 Å². The fourth-order valence-electron chi connectivity index (χ4n) is 4.84. The molecule has 0 heterocycles. The monoisotopic (exact) mass is 518 g/mol. The number of hydrogen-bond acceptors (Lipinski definition) is 3. The van der Waals surface area contributed by atoms with Crippen LogP contribution in [0.15, 0.2) is 78.9 Å². The third-order valence-corrected chi connectivity index (χ3v) is 7.24. The maximum Gasteiger partial charge on any atom is 0.261 e. The first-order chi connectivity index (χ1) is 18.0. The Bertz CT molecular complexity index is 1180. The van der Waals surface area contributed by atoms with Gasteiger partial charge in [0.25, 0.3) is 5.91 Å². The zero-order valence-electron chi connectivity index (χ0n) is 21.4. The smallest absolute Gasteiger partial charge is 0.261 e. The molecular weight excluding hydrogens is 484 g/mol. The van der Waals surface area contributed by atoms with Crippen LogP contribution in [0.25, 0.3) is 0 Å². The summed E-state index contributed by atoms with van der Waals surface area (Å²) in [6, 6.07) is 24.3. The lowest BCUT2D eigenvalue weighted by Crippen LogP contribution is -2.53. The van der Waals surface area contributed by atoms with Crippen molar-refractivity contribution < 1.29 is 14.3 Å². The second kappa shape index (κ2) is 13.3. The minimum absolute atomic E-state index is 0.133. The van der Waals surface area contributed by atoms with Gasteiger partial charge in [0.2, 0.25) is 5.91 Å². The van der Waals surface area contributed by atoms with E-state index in [1.165, 1.54) is 6.42 Å². The zero-order valence-corrected chi connectivity index (χ0v) is 22.1. The Hall–Kier alpha value is -3.31. The SMILES string of the molecule is Cc1cccc(OCC(=O)N(Cc2ccccc2Cl)[C@@H](Cc2ccccc2)C(=O)NC2CCCCC2)c1. The van der Waals surface area contributed by atoms with Gasteiger partial charge in [0.05, 0.1) is 0 Å². The van der Waals surface area contributed by atoms with Crippen molar-refractivity contribution in [2.24, 2.45) is 0 Å². The minimum atomic E-state index is -0.700. The van der Waals surface area contributed by atoms with Crippen molar-refractivity contribution in [2.45, 2.75) is 64.1 Å². The van der Waals surface area contributed by atoms with Crippen LogP contribution in [0, 0.1) is 6.92 Å². The Labute approximate surface area is 224 Å². The summed E-state index contributed by atoms with van der Waals surface area (Å²) in [5, 5.41) is 3.81. The van der Waals surface area contributed by atoms with Crippen LogP contribution >= 0.6 is 11.6 Å². The average molecular weight is 519 g/mol. The fraction of sp³-hybridized carbons (Fsp3) is 0.355. The van der Waals surface area contributed by atoms with Crippen LogP contribution < -0.4 is 10.1 Å². The lowest BCUT2D eigenvalue weighted by molar-refractivity contribution is -0.143. The van der Waals surface area contributed by atoms with E-state index in [1.807, 2.05) is 79.7 Å². The van der Waals surface area contributed by atoms with Crippen molar-refractivity contribution in [3.05, 3.63) is 101 Å². The maximum absolute atomic E-state index is 13.8. The highest BCUT2D eigenvalue weighted by Gasteiger charge is 2.32. The summed E-state index contributed by atoms with van der Waals surface area (Å²) >= 11 is 6.49. The van der Waals surface area contributed by atoms with Gasteiger partial charge >= 0.3 is 0 Å². The molecule has 6 heteroatoms. The Kier molecular flexibility index (Phi) is 9.61. The highest BCUT2D eigenvalue weighted by molar-refractivity contribution is 6.31. The first-order valence-corrected chi connectivity index (χ1v) is 13.4. The molecule has 2 amide bonds. The molecule has 0 aromatic heterocycles. The molecular formula is C31H35ClN2O3. The third kappa shape index (κ3) is 7.83. The van der Waals surface area contributed by atoms with E-state index in [9.17, 15) is 9.59 Å². The number of ether oxygens (including phenoxy) is 1. The molecule has 1 atom stereocenters. The third-order valence-electron chi connectivity index (χ3n) is 6.87. The molecule has 5 nitrogen and oxygen atoms in total. The predicted molar refractivity (Wildman–Crippen MR) is 148 cm³/mol. The van der Waals surface area contributed by atoms with Crippen molar-refractivity contribution >= 4 is 23.4 Å². The zero-order chi connectivity index (χ0) is 26.0. The predicted octanol–water partition coefficient (Wildman–Crippen LogP) is 6.12. The largest absolute Gasteiger partial charge is 0.484 e.